The Morgan fingerprint density at radius 1 is 1.00 bits per heavy atom. The van der Waals surface area contributed by atoms with E-state index in [0.717, 1.165) is 16.8 Å². The smallest absolute Gasteiger partial charge is 0.239 e. The van der Waals surface area contributed by atoms with Crippen molar-refractivity contribution in [3.63, 3.8) is 0 Å². The average molecular weight is 297 g/mol. The highest BCUT2D eigenvalue weighted by Gasteiger charge is 2.07. The number of carbonyl (C=O) groups is 2. The third kappa shape index (κ3) is 5.01. The minimum atomic E-state index is -0.233. The molecular weight excluding hydrogens is 278 g/mol. The molecule has 0 atom stereocenters. The molecule has 22 heavy (non-hydrogen) atoms. The monoisotopic (exact) mass is 297 g/mol. The second-order valence-electron chi connectivity index (χ2n) is 4.98. The van der Waals surface area contributed by atoms with Crippen LogP contribution in [-0.2, 0) is 22.6 Å². The molecule has 0 aliphatic heterocycles. The second kappa shape index (κ2) is 7.93. The molecule has 5 nitrogen and oxygen atoms in total. The standard InChI is InChI=1S/C17H19N3O2/c1-13-6-2-3-7-14(13)10-16(21)20-12-17(22)19-11-15-8-4-5-9-18-15/h2-9H,10-12H2,1H3,(H,19,22)(H,20,21). The maximum atomic E-state index is 11.8. The Morgan fingerprint density at radius 2 is 1.77 bits per heavy atom. The van der Waals surface area contributed by atoms with E-state index in [-0.39, 0.29) is 24.8 Å². The Labute approximate surface area is 129 Å². The number of pyridine rings is 1. The SMILES string of the molecule is Cc1ccccc1CC(=O)NCC(=O)NCc1ccccn1. The molecule has 1 aromatic carbocycles. The summed E-state index contributed by atoms with van der Waals surface area (Å²) in [6.07, 6.45) is 1.95. The summed E-state index contributed by atoms with van der Waals surface area (Å²) in [6.45, 7) is 2.28. The van der Waals surface area contributed by atoms with Gasteiger partial charge >= 0.3 is 0 Å². The number of carbonyl (C=O) groups excluding carboxylic acids is 2. The molecule has 0 fully saturated rings. The quantitative estimate of drug-likeness (QED) is 0.846. The zero-order chi connectivity index (χ0) is 15.8. The van der Waals surface area contributed by atoms with Crippen molar-refractivity contribution in [2.75, 3.05) is 6.54 Å². The Balaban J connectivity index is 1.72. The summed E-state index contributed by atoms with van der Waals surface area (Å²) in [4.78, 5) is 27.6. The van der Waals surface area contributed by atoms with E-state index in [2.05, 4.69) is 15.6 Å². The molecule has 0 spiro atoms. The number of aromatic nitrogens is 1. The number of nitrogens with zero attached hydrogens (tertiary/aromatic N) is 1. The van der Waals surface area contributed by atoms with Crippen molar-refractivity contribution in [1.29, 1.82) is 0 Å². The summed E-state index contributed by atoms with van der Waals surface area (Å²) in [5.41, 5.74) is 2.81. The second-order valence-corrected chi connectivity index (χ2v) is 4.98. The molecule has 2 rings (SSSR count). The zero-order valence-corrected chi connectivity index (χ0v) is 12.5. The highest BCUT2D eigenvalue weighted by Crippen LogP contribution is 2.07. The molecule has 2 aromatic rings. The van der Waals surface area contributed by atoms with Gasteiger partial charge in [0.05, 0.1) is 25.2 Å². The summed E-state index contributed by atoms with van der Waals surface area (Å²) in [5, 5.41) is 5.34. The Kier molecular flexibility index (Phi) is 5.65. The van der Waals surface area contributed by atoms with Gasteiger partial charge in [0, 0.05) is 6.20 Å². The molecule has 0 bridgehead atoms. The van der Waals surface area contributed by atoms with Gasteiger partial charge in [-0.25, -0.2) is 0 Å². The number of amides is 2. The van der Waals surface area contributed by atoms with Crippen LogP contribution in [0.4, 0.5) is 0 Å². The van der Waals surface area contributed by atoms with Crippen LogP contribution in [-0.4, -0.2) is 23.3 Å². The lowest BCUT2D eigenvalue weighted by Crippen LogP contribution is -2.37. The van der Waals surface area contributed by atoms with Gasteiger partial charge in [-0.1, -0.05) is 30.3 Å². The van der Waals surface area contributed by atoms with Gasteiger partial charge in [0.15, 0.2) is 0 Å². The van der Waals surface area contributed by atoms with Crippen LogP contribution < -0.4 is 10.6 Å². The van der Waals surface area contributed by atoms with E-state index in [1.807, 2.05) is 49.4 Å². The molecule has 0 radical (unpaired) electrons. The Bertz CT molecular complexity index is 641. The molecule has 0 unspecified atom stereocenters. The largest absolute Gasteiger partial charge is 0.349 e. The van der Waals surface area contributed by atoms with Crippen molar-refractivity contribution in [2.45, 2.75) is 19.9 Å². The fourth-order valence-corrected chi connectivity index (χ4v) is 1.98. The first-order chi connectivity index (χ1) is 10.6. The minimum absolute atomic E-state index is 0.0302. The van der Waals surface area contributed by atoms with Crippen LogP contribution in [0.3, 0.4) is 0 Å². The summed E-state index contributed by atoms with van der Waals surface area (Å²) in [7, 11) is 0. The lowest BCUT2D eigenvalue weighted by molar-refractivity contribution is -0.125. The van der Waals surface area contributed by atoms with E-state index in [0.29, 0.717) is 6.54 Å². The molecule has 2 amide bonds. The van der Waals surface area contributed by atoms with Crippen molar-refractivity contribution in [2.24, 2.45) is 0 Å². The molecule has 5 heteroatoms. The van der Waals surface area contributed by atoms with Crippen molar-refractivity contribution >= 4 is 11.8 Å². The predicted octanol–water partition coefficient (Wildman–Crippen LogP) is 1.37. The summed E-state index contributed by atoms with van der Waals surface area (Å²) >= 11 is 0. The van der Waals surface area contributed by atoms with Crippen molar-refractivity contribution in [1.82, 2.24) is 15.6 Å². The molecule has 114 valence electrons. The van der Waals surface area contributed by atoms with Crippen LogP contribution in [0.5, 0.6) is 0 Å². The average Bonchev–Trinajstić information content (AvgIpc) is 2.54. The first kappa shape index (κ1) is 15.7. The van der Waals surface area contributed by atoms with Gasteiger partial charge < -0.3 is 10.6 Å². The van der Waals surface area contributed by atoms with E-state index < -0.39 is 0 Å². The molecule has 2 N–H and O–H groups in total. The van der Waals surface area contributed by atoms with Crippen LogP contribution in [0, 0.1) is 6.92 Å². The van der Waals surface area contributed by atoms with Gasteiger partial charge in [0.2, 0.25) is 11.8 Å². The van der Waals surface area contributed by atoms with E-state index in [1.165, 1.54) is 0 Å². The Hall–Kier alpha value is -2.69. The van der Waals surface area contributed by atoms with Gasteiger partial charge in [-0.3, -0.25) is 14.6 Å². The van der Waals surface area contributed by atoms with Gasteiger partial charge in [-0.05, 0) is 30.2 Å². The summed E-state index contributed by atoms with van der Waals surface area (Å²) < 4.78 is 0. The normalized spacial score (nSPS) is 10.0. The summed E-state index contributed by atoms with van der Waals surface area (Å²) in [6, 6.07) is 13.2. The molecule has 0 aliphatic carbocycles. The number of nitrogens with one attached hydrogen (secondary N) is 2. The van der Waals surface area contributed by atoms with Gasteiger partial charge in [-0.2, -0.15) is 0 Å². The maximum Gasteiger partial charge on any atom is 0.239 e. The van der Waals surface area contributed by atoms with E-state index >= 15 is 0 Å². The lowest BCUT2D eigenvalue weighted by atomic mass is 10.1. The minimum Gasteiger partial charge on any atom is -0.349 e. The number of hydrogen-bond acceptors (Lipinski definition) is 3. The third-order valence-corrected chi connectivity index (χ3v) is 3.25. The highest BCUT2D eigenvalue weighted by atomic mass is 16.2. The predicted molar refractivity (Wildman–Crippen MR) is 84.0 cm³/mol. The number of benzene rings is 1. The molecule has 0 saturated carbocycles. The molecule has 0 aliphatic rings. The number of rotatable bonds is 6. The molecular formula is C17H19N3O2. The van der Waals surface area contributed by atoms with Gasteiger partial charge in [0.1, 0.15) is 0 Å². The Morgan fingerprint density at radius 3 is 2.50 bits per heavy atom. The van der Waals surface area contributed by atoms with Crippen LogP contribution in [0.2, 0.25) is 0 Å². The fraction of sp³-hybridized carbons (Fsp3) is 0.235. The first-order valence-electron chi connectivity index (χ1n) is 7.13. The van der Waals surface area contributed by atoms with Gasteiger partial charge in [-0.15, -0.1) is 0 Å². The van der Waals surface area contributed by atoms with Crippen molar-refractivity contribution in [3.05, 3.63) is 65.5 Å². The zero-order valence-electron chi connectivity index (χ0n) is 12.5. The van der Waals surface area contributed by atoms with E-state index in [1.54, 1.807) is 6.20 Å². The maximum absolute atomic E-state index is 11.8. The number of aryl methyl sites for hydroxylation is 1. The van der Waals surface area contributed by atoms with E-state index in [4.69, 9.17) is 0 Å². The highest BCUT2D eigenvalue weighted by molar-refractivity contribution is 5.85. The van der Waals surface area contributed by atoms with E-state index in [9.17, 15) is 9.59 Å². The first-order valence-corrected chi connectivity index (χ1v) is 7.13. The summed E-state index contributed by atoms with van der Waals surface area (Å²) in [5.74, 6) is -0.397. The molecule has 1 heterocycles. The lowest BCUT2D eigenvalue weighted by Gasteiger charge is -2.08. The van der Waals surface area contributed by atoms with Gasteiger partial charge in [0.25, 0.3) is 0 Å². The van der Waals surface area contributed by atoms with Crippen molar-refractivity contribution in [3.8, 4) is 0 Å². The fourth-order valence-electron chi connectivity index (χ4n) is 1.98. The third-order valence-electron chi connectivity index (χ3n) is 3.25. The van der Waals surface area contributed by atoms with Crippen molar-refractivity contribution < 1.29 is 9.59 Å². The topological polar surface area (TPSA) is 71.1 Å². The number of hydrogen-bond donors (Lipinski definition) is 2. The molecule has 1 aromatic heterocycles. The van der Waals surface area contributed by atoms with Crippen LogP contribution in [0.1, 0.15) is 16.8 Å². The molecule has 0 saturated heterocycles. The van der Waals surface area contributed by atoms with Crippen LogP contribution in [0.15, 0.2) is 48.7 Å². The van der Waals surface area contributed by atoms with Crippen LogP contribution >= 0.6 is 0 Å². The van der Waals surface area contributed by atoms with Crippen LogP contribution in [0.25, 0.3) is 0 Å².